The Hall–Kier alpha value is -3.18. The number of aromatic nitrogens is 2. The fourth-order valence-electron chi connectivity index (χ4n) is 3.81. The molecule has 1 heterocycles. The lowest BCUT2D eigenvalue weighted by molar-refractivity contribution is 0.0237. The molecule has 0 aliphatic carbocycles. The molecule has 1 aromatic heterocycles. The number of terminal acetylenes is 1. The number of halogens is 1. The molecular weight excluding hydrogens is 433 g/mol. The summed E-state index contributed by atoms with van der Waals surface area (Å²) in [7, 11) is 1.82. The van der Waals surface area contributed by atoms with Crippen molar-refractivity contribution in [2.75, 3.05) is 26.3 Å². The maximum Gasteiger partial charge on any atom is 0.222 e. The molecule has 0 spiro atoms. The minimum atomic E-state index is -0.689. The van der Waals surface area contributed by atoms with E-state index < -0.39 is 6.10 Å². The second-order valence-corrected chi connectivity index (χ2v) is 8.64. The third-order valence-corrected chi connectivity index (χ3v) is 5.13. The largest absolute Gasteiger partial charge is 0.439 e. The van der Waals surface area contributed by atoms with E-state index in [1.165, 1.54) is 12.1 Å². The maximum absolute atomic E-state index is 13.4. The number of benzene rings is 2. The number of nitrogens with zero attached hydrogens (tertiary/aromatic N) is 3. The van der Waals surface area contributed by atoms with Gasteiger partial charge in [-0.1, -0.05) is 50.1 Å². The summed E-state index contributed by atoms with van der Waals surface area (Å²) in [5, 5.41) is 15.3. The van der Waals surface area contributed by atoms with Gasteiger partial charge in [0.25, 0.3) is 0 Å². The van der Waals surface area contributed by atoms with Crippen LogP contribution < -0.4 is 4.74 Å². The monoisotopic (exact) mass is 465 g/mol. The molecule has 7 heteroatoms. The van der Waals surface area contributed by atoms with E-state index in [4.69, 9.17) is 21.0 Å². The molecule has 0 aliphatic heterocycles. The van der Waals surface area contributed by atoms with Gasteiger partial charge in [-0.3, -0.25) is 4.90 Å². The SMILES string of the molecule is C#CCOCC(O)CN(Cc1c(-c2ccccc2)nn(C)c1Oc1ccc(F)cc1)CC(C)C. The Kier molecular flexibility index (Phi) is 9.23. The van der Waals surface area contributed by atoms with E-state index in [0.717, 1.165) is 23.4 Å². The summed E-state index contributed by atoms with van der Waals surface area (Å²) >= 11 is 0. The van der Waals surface area contributed by atoms with Crippen molar-refractivity contribution in [3.05, 3.63) is 66.0 Å². The van der Waals surface area contributed by atoms with E-state index >= 15 is 0 Å². The van der Waals surface area contributed by atoms with Crippen LogP contribution in [0.15, 0.2) is 54.6 Å². The Morgan fingerprint density at radius 2 is 1.82 bits per heavy atom. The van der Waals surface area contributed by atoms with Gasteiger partial charge in [-0.25, -0.2) is 9.07 Å². The van der Waals surface area contributed by atoms with Crippen LogP contribution in [0.4, 0.5) is 4.39 Å². The number of aliphatic hydroxyl groups excluding tert-OH is 1. The van der Waals surface area contributed by atoms with Crippen LogP contribution in [0.3, 0.4) is 0 Å². The zero-order chi connectivity index (χ0) is 24.5. The first-order valence-corrected chi connectivity index (χ1v) is 11.3. The highest BCUT2D eigenvalue weighted by Gasteiger charge is 2.24. The van der Waals surface area contributed by atoms with Crippen molar-refractivity contribution in [1.29, 1.82) is 0 Å². The fraction of sp³-hybridized carbons (Fsp3) is 0.370. The highest BCUT2D eigenvalue weighted by molar-refractivity contribution is 5.65. The number of hydrogen-bond donors (Lipinski definition) is 1. The van der Waals surface area contributed by atoms with Crippen LogP contribution in [0.5, 0.6) is 11.6 Å². The van der Waals surface area contributed by atoms with Crippen molar-refractivity contribution in [3.63, 3.8) is 0 Å². The fourth-order valence-corrected chi connectivity index (χ4v) is 3.81. The van der Waals surface area contributed by atoms with Crippen molar-refractivity contribution < 1.29 is 19.0 Å². The predicted molar refractivity (Wildman–Crippen MR) is 131 cm³/mol. The molecule has 34 heavy (non-hydrogen) atoms. The summed E-state index contributed by atoms with van der Waals surface area (Å²) in [4.78, 5) is 2.16. The lowest BCUT2D eigenvalue weighted by atomic mass is 10.1. The topological polar surface area (TPSA) is 59.8 Å². The summed E-state index contributed by atoms with van der Waals surface area (Å²) < 4.78 is 26.6. The Labute approximate surface area is 200 Å². The van der Waals surface area contributed by atoms with Crippen LogP contribution in [-0.4, -0.2) is 52.2 Å². The van der Waals surface area contributed by atoms with Gasteiger partial charge in [0.15, 0.2) is 0 Å². The third-order valence-electron chi connectivity index (χ3n) is 5.13. The van der Waals surface area contributed by atoms with Crippen LogP contribution in [0, 0.1) is 24.1 Å². The molecule has 6 nitrogen and oxygen atoms in total. The van der Waals surface area contributed by atoms with Gasteiger partial charge in [0.2, 0.25) is 5.88 Å². The molecule has 0 fully saturated rings. The Morgan fingerprint density at radius 3 is 2.47 bits per heavy atom. The second kappa shape index (κ2) is 12.3. The molecule has 0 saturated heterocycles. The summed E-state index contributed by atoms with van der Waals surface area (Å²) in [6, 6.07) is 15.8. The molecule has 0 saturated carbocycles. The quantitative estimate of drug-likeness (QED) is 0.316. The van der Waals surface area contributed by atoms with Gasteiger partial charge < -0.3 is 14.6 Å². The van der Waals surface area contributed by atoms with E-state index in [-0.39, 0.29) is 19.0 Å². The van der Waals surface area contributed by atoms with Crippen LogP contribution in [-0.2, 0) is 18.3 Å². The molecule has 3 aromatic rings. The average Bonchev–Trinajstić information content (AvgIpc) is 3.10. The van der Waals surface area contributed by atoms with Crippen molar-refractivity contribution in [1.82, 2.24) is 14.7 Å². The van der Waals surface area contributed by atoms with Crippen molar-refractivity contribution in [2.45, 2.75) is 26.5 Å². The Morgan fingerprint density at radius 1 is 1.12 bits per heavy atom. The molecule has 2 aromatic carbocycles. The first-order valence-electron chi connectivity index (χ1n) is 11.3. The molecule has 1 atom stereocenters. The molecule has 0 radical (unpaired) electrons. The van der Waals surface area contributed by atoms with Gasteiger partial charge >= 0.3 is 0 Å². The molecule has 0 amide bonds. The molecule has 1 unspecified atom stereocenters. The van der Waals surface area contributed by atoms with Crippen LogP contribution in [0.2, 0.25) is 0 Å². The normalized spacial score (nSPS) is 12.2. The second-order valence-electron chi connectivity index (χ2n) is 8.64. The van der Waals surface area contributed by atoms with Crippen molar-refractivity contribution in [3.8, 4) is 35.2 Å². The molecule has 3 rings (SSSR count). The van der Waals surface area contributed by atoms with E-state index in [0.29, 0.717) is 30.6 Å². The highest BCUT2D eigenvalue weighted by Crippen LogP contribution is 2.34. The van der Waals surface area contributed by atoms with Crippen molar-refractivity contribution >= 4 is 0 Å². The third kappa shape index (κ3) is 7.16. The first-order chi connectivity index (χ1) is 16.4. The Balaban J connectivity index is 1.94. The first kappa shape index (κ1) is 25.4. The van der Waals surface area contributed by atoms with Gasteiger partial charge in [-0.15, -0.1) is 6.42 Å². The zero-order valence-corrected chi connectivity index (χ0v) is 19.9. The molecule has 180 valence electrons. The van der Waals surface area contributed by atoms with Crippen molar-refractivity contribution in [2.24, 2.45) is 13.0 Å². The summed E-state index contributed by atoms with van der Waals surface area (Å²) in [6.07, 6.45) is 4.55. The van der Waals surface area contributed by atoms with Gasteiger partial charge in [0, 0.05) is 32.2 Å². The number of hydrogen-bond acceptors (Lipinski definition) is 5. The van der Waals surface area contributed by atoms with Crippen LogP contribution >= 0.6 is 0 Å². The summed E-state index contributed by atoms with van der Waals surface area (Å²) in [5.41, 5.74) is 2.65. The summed E-state index contributed by atoms with van der Waals surface area (Å²) in [6.45, 7) is 6.25. The molecule has 0 bridgehead atoms. The number of aliphatic hydroxyl groups is 1. The Bertz CT molecular complexity index is 1070. The van der Waals surface area contributed by atoms with Gasteiger partial charge in [0.05, 0.1) is 18.3 Å². The zero-order valence-electron chi connectivity index (χ0n) is 19.9. The summed E-state index contributed by atoms with van der Waals surface area (Å²) in [5.74, 6) is 3.54. The minimum absolute atomic E-state index is 0.163. The standard InChI is InChI=1S/C27H32FN3O3/c1-5-15-33-19-23(32)17-31(16-20(2)3)18-25-26(21-9-7-6-8-10-21)29-30(4)27(25)34-24-13-11-22(28)12-14-24/h1,6-14,20,23,32H,15-19H2,2-4H3. The van der Waals surface area contributed by atoms with Gasteiger partial charge in [-0.05, 0) is 30.2 Å². The van der Waals surface area contributed by atoms with E-state index in [9.17, 15) is 9.50 Å². The molecular formula is C27H32FN3O3. The smallest absolute Gasteiger partial charge is 0.222 e. The average molecular weight is 466 g/mol. The molecule has 0 aliphatic rings. The highest BCUT2D eigenvalue weighted by atomic mass is 19.1. The van der Waals surface area contributed by atoms with Gasteiger partial charge in [0.1, 0.15) is 23.9 Å². The van der Waals surface area contributed by atoms with E-state index in [1.807, 2.05) is 37.4 Å². The van der Waals surface area contributed by atoms with Crippen LogP contribution in [0.25, 0.3) is 11.3 Å². The molecule has 1 N–H and O–H groups in total. The lowest BCUT2D eigenvalue weighted by Crippen LogP contribution is -2.37. The van der Waals surface area contributed by atoms with Gasteiger partial charge in [-0.2, -0.15) is 5.10 Å². The lowest BCUT2D eigenvalue weighted by Gasteiger charge is -2.27. The maximum atomic E-state index is 13.4. The van der Waals surface area contributed by atoms with E-state index in [1.54, 1.807) is 16.8 Å². The van der Waals surface area contributed by atoms with E-state index in [2.05, 4.69) is 24.7 Å². The number of ether oxygens (including phenoxy) is 2. The number of aryl methyl sites for hydroxylation is 1. The minimum Gasteiger partial charge on any atom is -0.439 e. The predicted octanol–water partition coefficient (Wildman–Crippen LogP) is 4.49. The van der Waals surface area contributed by atoms with Crippen LogP contribution in [0.1, 0.15) is 19.4 Å². The number of rotatable bonds is 12.